The molecule has 0 saturated carbocycles. The van der Waals surface area contributed by atoms with Crippen LogP contribution in [0.5, 0.6) is 11.5 Å². The van der Waals surface area contributed by atoms with Crippen LogP contribution in [0.15, 0.2) is 48.5 Å². The molecule has 2 aromatic carbocycles. The average molecular weight is 673 g/mol. The molecule has 0 aliphatic rings. The van der Waals surface area contributed by atoms with Crippen molar-refractivity contribution in [3.05, 3.63) is 59.7 Å². The number of phenols is 2. The van der Waals surface area contributed by atoms with E-state index in [0.29, 0.717) is 43.7 Å². The molecule has 266 valence electrons. The van der Waals surface area contributed by atoms with E-state index in [9.17, 15) is 19.8 Å². The summed E-state index contributed by atoms with van der Waals surface area (Å²) < 4.78 is 0. The van der Waals surface area contributed by atoms with Gasteiger partial charge < -0.3 is 52.3 Å². The lowest BCUT2D eigenvalue weighted by Crippen LogP contribution is -2.40. The number of aliphatic hydroxyl groups is 1. The molecule has 0 aliphatic heterocycles. The van der Waals surface area contributed by atoms with Crippen LogP contribution in [0.2, 0.25) is 0 Å². The molecule has 12 N–H and O–H groups in total. The molecular formula is C30H48N4O13. The fourth-order valence-electron chi connectivity index (χ4n) is 3.15. The van der Waals surface area contributed by atoms with Crippen molar-refractivity contribution in [2.75, 3.05) is 39.3 Å². The van der Waals surface area contributed by atoms with Gasteiger partial charge in [0.25, 0.3) is 17.9 Å². The van der Waals surface area contributed by atoms with Gasteiger partial charge in [-0.1, -0.05) is 36.4 Å². The zero-order chi connectivity index (χ0) is 36.9. The lowest BCUT2D eigenvalue weighted by Gasteiger charge is -2.26. The molecule has 17 nitrogen and oxygen atoms in total. The topological polar surface area (TPSA) is 306 Å². The SMILES string of the molecule is CC(=O)O.CC(=O)O.CC(=O)O.NCC(N)CCO.O=C(O)CN(CCN(Cc1ccccc1O)Cc1ccccc1O)CC(=O)O. The molecule has 0 fully saturated rings. The molecule has 2 rings (SSSR count). The fourth-order valence-corrected chi connectivity index (χ4v) is 3.15. The third-order valence-electron chi connectivity index (χ3n) is 5.02. The zero-order valence-electron chi connectivity index (χ0n) is 26.7. The Morgan fingerprint density at radius 2 is 0.979 bits per heavy atom. The molecule has 0 amide bonds. The molecule has 0 aliphatic carbocycles. The van der Waals surface area contributed by atoms with E-state index in [0.717, 1.165) is 20.8 Å². The number of para-hydroxylation sites is 2. The van der Waals surface area contributed by atoms with E-state index in [2.05, 4.69) is 0 Å². The Morgan fingerprint density at radius 1 is 0.660 bits per heavy atom. The summed E-state index contributed by atoms with van der Waals surface area (Å²) in [7, 11) is 0. The number of carbonyl (C=O) groups is 5. The van der Waals surface area contributed by atoms with Gasteiger partial charge >= 0.3 is 11.9 Å². The summed E-state index contributed by atoms with van der Waals surface area (Å²) in [6.07, 6.45) is 0.608. The predicted octanol–water partition coefficient (Wildman–Crippen LogP) is 0.499. The highest BCUT2D eigenvalue weighted by Crippen LogP contribution is 2.22. The standard InChI is InChI=1S/C20H24N2O6.C4H12N2O.3C2H4O2/c23-17-7-3-1-5-15(17)11-21(12-16-6-2-4-8-18(16)24)9-10-22(13-19(25)26)14-20(27)28;5-3-4(6)1-2-7;3*1-2(3)4/h1-8,23-24H,9-14H2,(H,25,26)(H,27,28);4,7H,1-3,5-6H2;3*1H3,(H,3,4). The van der Waals surface area contributed by atoms with Gasteiger partial charge in [-0.25, -0.2) is 0 Å². The molecule has 1 unspecified atom stereocenters. The molecule has 47 heavy (non-hydrogen) atoms. The smallest absolute Gasteiger partial charge is 0.317 e. The lowest BCUT2D eigenvalue weighted by molar-refractivity contribution is -0.142. The molecule has 0 spiro atoms. The van der Waals surface area contributed by atoms with Crippen molar-refractivity contribution < 1.29 is 64.8 Å². The number of aliphatic hydroxyl groups excluding tert-OH is 1. The van der Waals surface area contributed by atoms with Crippen molar-refractivity contribution in [2.45, 2.75) is 46.3 Å². The second-order valence-electron chi connectivity index (χ2n) is 9.53. The van der Waals surface area contributed by atoms with Crippen LogP contribution >= 0.6 is 0 Å². The van der Waals surface area contributed by atoms with Gasteiger partial charge in [0.15, 0.2) is 0 Å². The van der Waals surface area contributed by atoms with Crippen LogP contribution in [-0.4, -0.2) is 126 Å². The van der Waals surface area contributed by atoms with Gasteiger partial charge in [0, 0.05) is 77.3 Å². The van der Waals surface area contributed by atoms with Crippen molar-refractivity contribution in [1.82, 2.24) is 9.80 Å². The maximum Gasteiger partial charge on any atom is 0.317 e. The number of aromatic hydroxyl groups is 2. The number of carboxylic acids is 5. The number of nitrogens with two attached hydrogens (primary N) is 2. The maximum atomic E-state index is 11.0. The Balaban J connectivity index is -0.000000830. The summed E-state index contributed by atoms with van der Waals surface area (Å²) in [5.74, 6) is -4.43. The number of hydrogen-bond acceptors (Lipinski definition) is 12. The minimum absolute atomic E-state index is 0.0231. The van der Waals surface area contributed by atoms with Gasteiger partial charge in [-0.3, -0.25) is 33.8 Å². The van der Waals surface area contributed by atoms with Crippen LogP contribution in [0.1, 0.15) is 38.3 Å². The number of aliphatic carboxylic acids is 5. The first-order valence-electron chi connectivity index (χ1n) is 13.9. The van der Waals surface area contributed by atoms with E-state index in [4.69, 9.17) is 56.5 Å². The number of nitrogens with zero attached hydrogens (tertiary/aromatic N) is 2. The van der Waals surface area contributed by atoms with Crippen LogP contribution in [0, 0.1) is 0 Å². The van der Waals surface area contributed by atoms with E-state index in [1.165, 1.54) is 4.90 Å². The van der Waals surface area contributed by atoms with Gasteiger partial charge in [-0.05, 0) is 18.6 Å². The third kappa shape index (κ3) is 33.9. The number of benzene rings is 2. The Morgan fingerprint density at radius 3 is 1.23 bits per heavy atom. The summed E-state index contributed by atoms with van der Waals surface area (Å²) in [5, 5.41) is 68.6. The first-order chi connectivity index (χ1) is 21.9. The van der Waals surface area contributed by atoms with Crippen molar-refractivity contribution in [2.24, 2.45) is 11.5 Å². The highest BCUT2D eigenvalue weighted by molar-refractivity contribution is 5.72. The van der Waals surface area contributed by atoms with Crippen molar-refractivity contribution in [1.29, 1.82) is 0 Å². The van der Waals surface area contributed by atoms with Gasteiger partial charge in [-0.2, -0.15) is 0 Å². The summed E-state index contributed by atoms with van der Waals surface area (Å²) in [6.45, 7) is 4.35. The summed E-state index contributed by atoms with van der Waals surface area (Å²) in [6, 6.07) is 13.7. The molecule has 17 heteroatoms. The highest BCUT2D eigenvalue weighted by atomic mass is 16.4. The molecule has 2 aromatic rings. The second kappa shape index (κ2) is 28.6. The fraction of sp³-hybridized carbons (Fsp3) is 0.433. The van der Waals surface area contributed by atoms with E-state index < -0.39 is 29.8 Å². The molecular weight excluding hydrogens is 624 g/mol. The highest BCUT2D eigenvalue weighted by Gasteiger charge is 2.17. The van der Waals surface area contributed by atoms with Crippen LogP contribution in [0.4, 0.5) is 0 Å². The molecule has 0 heterocycles. The van der Waals surface area contributed by atoms with Crippen molar-refractivity contribution in [3.63, 3.8) is 0 Å². The zero-order valence-corrected chi connectivity index (χ0v) is 26.7. The molecule has 0 aromatic heterocycles. The minimum atomic E-state index is -1.10. The Labute approximate surface area is 272 Å². The molecule has 0 saturated heterocycles. The number of hydrogen-bond donors (Lipinski definition) is 10. The first kappa shape index (κ1) is 46.6. The maximum absolute atomic E-state index is 11.0. The van der Waals surface area contributed by atoms with Gasteiger partial charge in [0.05, 0.1) is 13.1 Å². The Bertz CT molecular complexity index is 1090. The molecule has 0 radical (unpaired) electrons. The van der Waals surface area contributed by atoms with Crippen LogP contribution < -0.4 is 11.5 Å². The van der Waals surface area contributed by atoms with Gasteiger partial charge in [-0.15, -0.1) is 0 Å². The van der Waals surface area contributed by atoms with E-state index in [1.807, 2.05) is 4.90 Å². The summed E-state index contributed by atoms with van der Waals surface area (Å²) in [4.78, 5) is 52.2. The lowest BCUT2D eigenvalue weighted by atomic mass is 10.1. The Hall–Kier alpha value is -4.81. The molecule has 1 atom stereocenters. The quantitative estimate of drug-likeness (QED) is 0.131. The van der Waals surface area contributed by atoms with Gasteiger partial charge in [0.1, 0.15) is 11.5 Å². The van der Waals surface area contributed by atoms with Crippen molar-refractivity contribution in [3.8, 4) is 11.5 Å². The van der Waals surface area contributed by atoms with Gasteiger partial charge in [0.2, 0.25) is 0 Å². The van der Waals surface area contributed by atoms with E-state index in [-0.39, 0.29) is 43.8 Å². The Kier molecular flexibility index (Phi) is 28.4. The molecule has 0 bridgehead atoms. The van der Waals surface area contributed by atoms with Crippen LogP contribution in [0.3, 0.4) is 0 Å². The van der Waals surface area contributed by atoms with Crippen LogP contribution in [0.25, 0.3) is 0 Å². The third-order valence-corrected chi connectivity index (χ3v) is 5.02. The van der Waals surface area contributed by atoms with E-state index in [1.54, 1.807) is 48.5 Å². The monoisotopic (exact) mass is 672 g/mol. The number of phenolic OH excluding ortho intramolecular Hbond substituents is 2. The average Bonchev–Trinajstić information content (AvgIpc) is 2.93. The number of carboxylic acid groups (broad SMARTS) is 5. The summed E-state index contributed by atoms with van der Waals surface area (Å²) in [5.41, 5.74) is 11.8. The largest absolute Gasteiger partial charge is 0.508 e. The van der Waals surface area contributed by atoms with Crippen molar-refractivity contribution >= 4 is 29.8 Å². The first-order valence-corrected chi connectivity index (χ1v) is 13.9. The summed E-state index contributed by atoms with van der Waals surface area (Å²) >= 11 is 0. The van der Waals surface area contributed by atoms with E-state index >= 15 is 0 Å². The second-order valence-corrected chi connectivity index (χ2v) is 9.53. The normalized spacial score (nSPS) is 10.3. The van der Waals surface area contributed by atoms with Crippen LogP contribution in [-0.2, 0) is 37.1 Å². The predicted molar refractivity (Wildman–Crippen MR) is 171 cm³/mol. The minimum Gasteiger partial charge on any atom is -0.508 e. The number of rotatable bonds is 14.